The van der Waals surface area contributed by atoms with Crippen molar-refractivity contribution in [1.82, 2.24) is 9.97 Å². The van der Waals surface area contributed by atoms with E-state index in [-0.39, 0.29) is 23.7 Å². The third kappa shape index (κ3) is 5.56. The molecule has 2 heterocycles. The predicted molar refractivity (Wildman–Crippen MR) is 124 cm³/mol. The Labute approximate surface area is 199 Å². The van der Waals surface area contributed by atoms with E-state index in [0.717, 1.165) is 52.0 Å². The summed E-state index contributed by atoms with van der Waals surface area (Å²) >= 11 is 0. The summed E-state index contributed by atoms with van der Waals surface area (Å²) < 4.78 is 42.9. The number of nitrogens with one attached hydrogen (secondary N) is 1. The molecule has 0 atom stereocenters. The average Bonchev–Trinajstić information content (AvgIpc) is 3.27. The van der Waals surface area contributed by atoms with Gasteiger partial charge in [-0.2, -0.15) is 13.2 Å². The smallest absolute Gasteiger partial charge is 0.433 e. The first-order valence-electron chi connectivity index (χ1n) is 10.8. The number of fused-ring (bicyclic) bond motifs is 1. The number of Topliss-reactive ketones (excluding diaryl/α,β-unsaturated/α-hetero) is 1. The first-order chi connectivity index (χ1) is 16.6. The van der Waals surface area contributed by atoms with Gasteiger partial charge in [0.25, 0.3) is 0 Å². The van der Waals surface area contributed by atoms with E-state index in [9.17, 15) is 22.8 Å². The van der Waals surface area contributed by atoms with E-state index in [0.29, 0.717) is 18.5 Å². The second-order valence-electron chi connectivity index (χ2n) is 8.24. The highest BCUT2D eigenvalue weighted by atomic mass is 19.4. The van der Waals surface area contributed by atoms with E-state index >= 15 is 0 Å². The molecule has 1 aliphatic carbocycles. The van der Waals surface area contributed by atoms with Crippen molar-refractivity contribution >= 4 is 23.5 Å². The summed E-state index contributed by atoms with van der Waals surface area (Å²) in [6, 6.07) is 9.50. The number of nitrogens with zero attached hydrogens (tertiary/aromatic N) is 2. The highest BCUT2D eigenvalue weighted by molar-refractivity contribution is 5.97. The standard InChI is InChI=1S/C26H22F3N3O3/c1-15-3-4-16(8-23(33)17-5-6-24(32-12-17)26(27,28)29)7-20(15)13-30-21-10-18-9-19(25(34)35-2)11-22(18)31-14-21/h3-7,9-10,12,14,30H,8,11,13H2,1-2H3. The van der Waals surface area contributed by atoms with E-state index in [1.807, 2.05) is 31.2 Å². The molecule has 180 valence electrons. The van der Waals surface area contributed by atoms with Crippen LogP contribution in [0.5, 0.6) is 0 Å². The highest BCUT2D eigenvalue weighted by Crippen LogP contribution is 2.28. The van der Waals surface area contributed by atoms with Gasteiger partial charge in [0.1, 0.15) is 5.69 Å². The number of hydrogen-bond acceptors (Lipinski definition) is 6. The number of alkyl halides is 3. The molecule has 2 aromatic heterocycles. The van der Waals surface area contributed by atoms with Gasteiger partial charge >= 0.3 is 12.1 Å². The second-order valence-corrected chi connectivity index (χ2v) is 8.24. The fraction of sp³-hybridized carbons (Fsp3) is 0.231. The lowest BCUT2D eigenvalue weighted by molar-refractivity contribution is -0.141. The summed E-state index contributed by atoms with van der Waals surface area (Å²) in [4.78, 5) is 32.1. The van der Waals surface area contributed by atoms with Gasteiger partial charge in [0, 0.05) is 36.7 Å². The molecule has 3 aromatic rings. The molecule has 0 unspecified atom stereocenters. The van der Waals surface area contributed by atoms with Gasteiger partial charge in [-0.1, -0.05) is 18.2 Å². The number of ketones is 1. The molecule has 0 spiro atoms. The number of benzene rings is 1. The van der Waals surface area contributed by atoms with Crippen LogP contribution in [0, 0.1) is 6.92 Å². The number of carbonyl (C=O) groups is 2. The molecule has 0 aliphatic heterocycles. The van der Waals surface area contributed by atoms with Crippen LogP contribution in [-0.2, 0) is 35.1 Å². The first kappa shape index (κ1) is 24.1. The predicted octanol–water partition coefficient (Wildman–Crippen LogP) is 4.95. The summed E-state index contributed by atoms with van der Waals surface area (Å²) in [5.74, 6) is -0.684. The van der Waals surface area contributed by atoms with Crippen molar-refractivity contribution < 1.29 is 27.5 Å². The normalized spacial score (nSPS) is 12.7. The molecule has 0 saturated carbocycles. The number of anilines is 1. The number of pyridine rings is 2. The number of methoxy groups -OCH3 is 1. The lowest BCUT2D eigenvalue weighted by atomic mass is 9.99. The Morgan fingerprint density at radius 3 is 2.57 bits per heavy atom. The number of halogens is 3. The molecular formula is C26H22F3N3O3. The molecule has 1 aromatic carbocycles. The molecule has 9 heteroatoms. The number of esters is 1. The fourth-order valence-electron chi connectivity index (χ4n) is 3.80. The van der Waals surface area contributed by atoms with Crippen LogP contribution in [0.3, 0.4) is 0 Å². The van der Waals surface area contributed by atoms with E-state index in [1.165, 1.54) is 7.11 Å². The molecule has 0 saturated heterocycles. The summed E-state index contributed by atoms with van der Waals surface area (Å²) in [7, 11) is 1.34. The van der Waals surface area contributed by atoms with Gasteiger partial charge in [0.2, 0.25) is 0 Å². The SMILES string of the molecule is COC(=O)C1=Cc2cc(NCc3cc(CC(=O)c4ccc(C(F)(F)F)nc4)ccc3C)cnc2C1. The van der Waals surface area contributed by atoms with E-state index in [2.05, 4.69) is 15.3 Å². The van der Waals surface area contributed by atoms with Gasteiger partial charge in [-0.25, -0.2) is 4.79 Å². The maximum absolute atomic E-state index is 12.7. The van der Waals surface area contributed by atoms with Gasteiger partial charge < -0.3 is 10.1 Å². The zero-order valence-corrected chi connectivity index (χ0v) is 19.1. The van der Waals surface area contributed by atoms with Crippen LogP contribution >= 0.6 is 0 Å². The van der Waals surface area contributed by atoms with Crippen molar-refractivity contribution in [2.45, 2.75) is 32.5 Å². The van der Waals surface area contributed by atoms with Crippen molar-refractivity contribution in [2.24, 2.45) is 0 Å². The lowest BCUT2D eigenvalue weighted by Gasteiger charge is -2.12. The summed E-state index contributed by atoms with van der Waals surface area (Å²) in [6.07, 6.45) is 0.366. The van der Waals surface area contributed by atoms with E-state index in [4.69, 9.17) is 4.74 Å². The molecule has 0 fully saturated rings. The van der Waals surface area contributed by atoms with Crippen LogP contribution in [-0.4, -0.2) is 28.8 Å². The fourth-order valence-corrected chi connectivity index (χ4v) is 3.80. The van der Waals surface area contributed by atoms with Crippen LogP contribution in [0.1, 0.15) is 44.0 Å². The van der Waals surface area contributed by atoms with E-state index in [1.54, 1.807) is 12.3 Å². The minimum atomic E-state index is -4.55. The number of aromatic nitrogens is 2. The van der Waals surface area contributed by atoms with Gasteiger partial charge in [-0.05, 0) is 53.5 Å². The Kier molecular flexibility index (Phi) is 6.68. The topological polar surface area (TPSA) is 81.2 Å². The zero-order chi connectivity index (χ0) is 25.2. The van der Waals surface area contributed by atoms with Crippen LogP contribution < -0.4 is 5.32 Å². The third-order valence-corrected chi connectivity index (χ3v) is 5.78. The summed E-state index contributed by atoms with van der Waals surface area (Å²) in [6.45, 7) is 2.43. The molecule has 0 radical (unpaired) electrons. The van der Waals surface area contributed by atoms with Crippen LogP contribution in [0.4, 0.5) is 18.9 Å². The minimum absolute atomic E-state index is 0.0435. The van der Waals surface area contributed by atoms with Crippen LogP contribution in [0.25, 0.3) is 6.08 Å². The molecular weight excluding hydrogens is 459 g/mol. The van der Waals surface area contributed by atoms with Crippen LogP contribution in [0.2, 0.25) is 0 Å². The largest absolute Gasteiger partial charge is 0.466 e. The van der Waals surface area contributed by atoms with Crippen molar-refractivity contribution in [3.8, 4) is 0 Å². The van der Waals surface area contributed by atoms with Crippen molar-refractivity contribution in [3.05, 3.63) is 93.6 Å². The lowest BCUT2D eigenvalue weighted by Crippen LogP contribution is -2.10. The molecule has 0 bridgehead atoms. The van der Waals surface area contributed by atoms with Gasteiger partial charge in [-0.3, -0.25) is 14.8 Å². The Hall–Kier alpha value is -4.01. The number of rotatable bonds is 7. The highest BCUT2D eigenvalue weighted by Gasteiger charge is 2.32. The number of hydrogen-bond donors (Lipinski definition) is 1. The molecule has 4 rings (SSSR count). The van der Waals surface area contributed by atoms with Gasteiger partial charge in [-0.15, -0.1) is 0 Å². The van der Waals surface area contributed by atoms with Crippen molar-refractivity contribution in [3.63, 3.8) is 0 Å². The monoisotopic (exact) mass is 481 g/mol. The quantitative estimate of drug-likeness (QED) is 0.380. The summed E-state index contributed by atoms with van der Waals surface area (Å²) in [5, 5.41) is 3.31. The number of carbonyl (C=O) groups excluding carboxylic acids is 2. The third-order valence-electron chi connectivity index (χ3n) is 5.78. The second kappa shape index (κ2) is 9.69. The van der Waals surface area contributed by atoms with Crippen LogP contribution in [0.15, 0.2) is 54.4 Å². The maximum atomic E-state index is 12.7. The molecule has 0 amide bonds. The van der Waals surface area contributed by atoms with Crippen molar-refractivity contribution in [1.29, 1.82) is 0 Å². The van der Waals surface area contributed by atoms with Gasteiger partial charge in [0.05, 0.1) is 24.7 Å². The zero-order valence-electron chi connectivity index (χ0n) is 19.1. The summed E-state index contributed by atoms with van der Waals surface area (Å²) in [5.41, 5.74) is 4.83. The Morgan fingerprint density at radius 1 is 1.09 bits per heavy atom. The average molecular weight is 481 g/mol. The number of ether oxygens (including phenoxy) is 1. The molecule has 6 nitrogen and oxygen atoms in total. The maximum Gasteiger partial charge on any atom is 0.433 e. The Morgan fingerprint density at radius 2 is 1.89 bits per heavy atom. The molecule has 1 aliphatic rings. The first-order valence-corrected chi connectivity index (χ1v) is 10.8. The molecule has 35 heavy (non-hydrogen) atoms. The van der Waals surface area contributed by atoms with E-state index < -0.39 is 11.9 Å². The number of aryl methyl sites for hydroxylation is 1. The van der Waals surface area contributed by atoms with Gasteiger partial charge in [0.15, 0.2) is 5.78 Å². The van der Waals surface area contributed by atoms with Crippen molar-refractivity contribution in [2.75, 3.05) is 12.4 Å². The molecule has 1 N–H and O–H groups in total. The Bertz CT molecular complexity index is 1320. The minimum Gasteiger partial charge on any atom is -0.466 e. The Balaban J connectivity index is 1.43.